The number of fused-ring (bicyclic) bond motifs is 1. The van der Waals surface area contributed by atoms with E-state index in [1.807, 2.05) is 0 Å². The monoisotopic (exact) mass is 447 g/mol. The highest BCUT2D eigenvalue weighted by molar-refractivity contribution is 6.42. The van der Waals surface area contributed by atoms with Crippen molar-refractivity contribution in [2.75, 3.05) is 0 Å². The van der Waals surface area contributed by atoms with Crippen molar-refractivity contribution in [2.24, 2.45) is 0 Å². The molecule has 0 saturated carbocycles. The minimum Gasteiger partial charge on any atom is -0.387 e. The summed E-state index contributed by atoms with van der Waals surface area (Å²) in [7, 11) is 0. The molecule has 1 saturated heterocycles. The van der Waals surface area contributed by atoms with E-state index in [4.69, 9.17) is 39.5 Å². The van der Waals surface area contributed by atoms with Gasteiger partial charge in [0.05, 0.1) is 15.4 Å². The van der Waals surface area contributed by atoms with Crippen LogP contribution in [-0.2, 0) is 4.74 Å². The summed E-state index contributed by atoms with van der Waals surface area (Å²) in [5.41, 5.74) is 0.415. The van der Waals surface area contributed by atoms with Gasteiger partial charge in [0.15, 0.2) is 12.0 Å². The molecule has 7 nitrogen and oxygen atoms in total. The molecule has 4 rings (SSSR count). The summed E-state index contributed by atoms with van der Waals surface area (Å²) in [5, 5.41) is 31.9. The van der Waals surface area contributed by atoms with Crippen LogP contribution in [0, 0.1) is 5.82 Å². The fourth-order valence-corrected chi connectivity index (χ4v) is 3.79. The van der Waals surface area contributed by atoms with Gasteiger partial charge < -0.3 is 24.6 Å². The van der Waals surface area contributed by atoms with Gasteiger partial charge in [-0.1, -0.05) is 40.9 Å². The second kappa shape index (κ2) is 7.38. The Morgan fingerprint density at radius 2 is 1.86 bits per heavy atom. The maximum atomic E-state index is 14.3. The smallest absolute Gasteiger partial charge is 0.164 e. The van der Waals surface area contributed by atoms with Gasteiger partial charge in [-0.2, -0.15) is 0 Å². The van der Waals surface area contributed by atoms with E-state index in [1.54, 1.807) is 0 Å². The summed E-state index contributed by atoms with van der Waals surface area (Å²) in [6.07, 6.45) is -4.50. The van der Waals surface area contributed by atoms with Crippen LogP contribution >= 0.6 is 34.8 Å². The molecule has 11 heteroatoms. The molecule has 0 amide bonds. The minimum atomic E-state index is -1.47. The predicted octanol–water partition coefficient (Wildman–Crippen LogP) is 2.88. The molecule has 0 radical (unpaired) electrons. The van der Waals surface area contributed by atoms with Gasteiger partial charge in [0.1, 0.15) is 41.5 Å². The highest BCUT2D eigenvalue weighted by Gasteiger charge is 2.47. The van der Waals surface area contributed by atoms with Crippen molar-refractivity contribution in [3.05, 3.63) is 57.3 Å². The van der Waals surface area contributed by atoms with Gasteiger partial charge >= 0.3 is 0 Å². The summed E-state index contributed by atoms with van der Waals surface area (Å²) < 4.78 is 21.2. The quantitative estimate of drug-likeness (QED) is 0.533. The van der Waals surface area contributed by atoms with Crippen LogP contribution in [0.1, 0.15) is 17.9 Å². The number of ether oxygens (including phenoxy) is 1. The predicted molar refractivity (Wildman–Crippen MR) is 99.8 cm³/mol. The number of rotatable bonds is 3. The normalized spacial score (nSPS) is 26.1. The van der Waals surface area contributed by atoms with E-state index < -0.39 is 36.5 Å². The molecule has 3 N–H and O–H groups in total. The number of benzene rings is 1. The summed E-state index contributed by atoms with van der Waals surface area (Å²) >= 11 is 17.8. The zero-order chi connectivity index (χ0) is 20.2. The van der Waals surface area contributed by atoms with Gasteiger partial charge in [-0.15, -0.1) is 0 Å². The SMILES string of the molecule is O[C@@H]1[C@H](O)[C@@H]([C@H](O)c2ccc(Cl)c(Cl)c2)O[C@H]1n1cc(F)c2c(Cl)ncnc21. The topological polar surface area (TPSA) is 101 Å². The van der Waals surface area contributed by atoms with E-state index >= 15 is 0 Å². The van der Waals surface area contributed by atoms with Crippen molar-refractivity contribution in [3.8, 4) is 0 Å². The maximum Gasteiger partial charge on any atom is 0.164 e. The van der Waals surface area contributed by atoms with Gasteiger partial charge in [-0.05, 0) is 17.7 Å². The molecule has 1 aliphatic heterocycles. The lowest BCUT2D eigenvalue weighted by molar-refractivity contribution is -0.0849. The highest BCUT2D eigenvalue weighted by atomic mass is 35.5. The number of halogens is 4. The van der Waals surface area contributed by atoms with Crippen LogP contribution in [0.4, 0.5) is 4.39 Å². The van der Waals surface area contributed by atoms with Gasteiger partial charge in [-0.25, -0.2) is 14.4 Å². The van der Waals surface area contributed by atoms with E-state index in [0.717, 1.165) is 12.5 Å². The molecule has 1 aliphatic rings. The Morgan fingerprint density at radius 1 is 1.11 bits per heavy atom. The van der Waals surface area contributed by atoms with Crippen LogP contribution in [0.3, 0.4) is 0 Å². The molecule has 3 aromatic rings. The van der Waals surface area contributed by atoms with Crippen molar-refractivity contribution in [2.45, 2.75) is 30.6 Å². The minimum absolute atomic E-state index is 0.0389. The lowest BCUT2D eigenvalue weighted by atomic mass is 9.99. The van der Waals surface area contributed by atoms with Crippen molar-refractivity contribution < 1.29 is 24.4 Å². The number of hydrogen-bond donors (Lipinski definition) is 3. The third-order valence-corrected chi connectivity index (χ3v) is 5.69. The first-order chi connectivity index (χ1) is 13.3. The van der Waals surface area contributed by atoms with E-state index in [9.17, 15) is 19.7 Å². The molecule has 1 aromatic carbocycles. The lowest BCUT2D eigenvalue weighted by Gasteiger charge is -2.21. The van der Waals surface area contributed by atoms with Crippen LogP contribution < -0.4 is 0 Å². The Kier molecular flexibility index (Phi) is 5.22. The first kappa shape index (κ1) is 19.8. The van der Waals surface area contributed by atoms with E-state index in [2.05, 4.69) is 9.97 Å². The first-order valence-corrected chi connectivity index (χ1v) is 9.24. The average Bonchev–Trinajstić information content (AvgIpc) is 3.15. The molecule has 1 fully saturated rings. The standard InChI is InChI=1S/C17H13Cl3FN3O4/c18-7-2-1-6(3-8(7)19)11(25)14-12(26)13(27)17(28-14)24-4-9(21)10-15(20)22-5-23-16(10)24/h1-5,11-14,17,25-27H/t11-,12+,13-,14-,17-/m1/s1. The zero-order valence-corrected chi connectivity index (χ0v) is 16.1. The molecule has 0 unspecified atom stereocenters. The molecule has 3 heterocycles. The summed E-state index contributed by atoms with van der Waals surface area (Å²) in [4.78, 5) is 7.70. The number of nitrogens with zero attached hydrogens (tertiary/aromatic N) is 3. The molecule has 148 valence electrons. The Hall–Kier alpha value is -1.52. The molecule has 28 heavy (non-hydrogen) atoms. The van der Waals surface area contributed by atoms with Crippen LogP contribution in [0.2, 0.25) is 15.2 Å². The fourth-order valence-electron chi connectivity index (χ4n) is 3.26. The Bertz CT molecular complexity index is 1050. The Labute approximate surface area is 172 Å². The maximum absolute atomic E-state index is 14.3. The third kappa shape index (κ3) is 3.15. The summed E-state index contributed by atoms with van der Waals surface area (Å²) in [5.74, 6) is -0.709. The molecular weight excluding hydrogens is 436 g/mol. The summed E-state index contributed by atoms with van der Waals surface area (Å²) in [6.45, 7) is 0. The summed E-state index contributed by atoms with van der Waals surface area (Å²) in [6, 6.07) is 4.44. The van der Waals surface area contributed by atoms with Crippen molar-refractivity contribution >= 4 is 45.8 Å². The van der Waals surface area contributed by atoms with Crippen LogP contribution in [0.25, 0.3) is 11.0 Å². The van der Waals surface area contributed by atoms with Gasteiger partial charge in [0.2, 0.25) is 0 Å². The largest absolute Gasteiger partial charge is 0.387 e. The molecule has 0 aliphatic carbocycles. The Balaban J connectivity index is 1.69. The molecule has 5 atom stereocenters. The Morgan fingerprint density at radius 3 is 2.57 bits per heavy atom. The van der Waals surface area contributed by atoms with Gasteiger partial charge in [0.25, 0.3) is 0 Å². The van der Waals surface area contributed by atoms with Gasteiger partial charge in [-0.3, -0.25) is 0 Å². The number of aromatic nitrogens is 3. The lowest BCUT2D eigenvalue weighted by Crippen LogP contribution is -2.34. The van der Waals surface area contributed by atoms with Gasteiger partial charge in [0, 0.05) is 6.20 Å². The third-order valence-electron chi connectivity index (χ3n) is 4.66. The molecule has 0 bridgehead atoms. The zero-order valence-electron chi connectivity index (χ0n) is 13.9. The van der Waals surface area contributed by atoms with E-state index in [-0.39, 0.29) is 21.2 Å². The van der Waals surface area contributed by atoms with Crippen molar-refractivity contribution in [1.29, 1.82) is 0 Å². The number of hydrogen-bond acceptors (Lipinski definition) is 6. The van der Waals surface area contributed by atoms with Crippen LogP contribution in [0.15, 0.2) is 30.7 Å². The number of aliphatic hydroxyl groups is 3. The molecular formula is C17H13Cl3FN3O4. The second-order valence-electron chi connectivity index (χ2n) is 6.34. The number of aliphatic hydroxyl groups excluding tert-OH is 3. The molecule has 0 spiro atoms. The van der Waals surface area contributed by atoms with E-state index in [0.29, 0.717) is 10.6 Å². The van der Waals surface area contributed by atoms with Crippen LogP contribution in [0.5, 0.6) is 0 Å². The average molecular weight is 449 g/mol. The van der Waals surface area contributed by atoms with Crippen molar-refractivity contribution in [3.63, 3.8) is 0 Å². The van der Waals surface area contributed by atoms with E-state index in [1.165, 1.54) is 22.8 Å². The second-order valence-corrected chi connectivity index (χ2v) is 7.51. The highest BCUT2D eigenvalue weighted by Crippen LogP contribution is 2.39. The van der Waals surface area contributed by atoms with Crippen molar-refractivity contribution in [1.82, 2.24) is 14.5 Å². The van der Waals surface area contributed by atoms with Crippen LogP contribution in [-0.4, -0.2) is 48.2 Å². The fraction of sp³-hybridized carbons (Fsp3) is 0.294. The first-order valence-electron chi connectivity index (χ1n) is 8.10. The molecule has 2 aromatic heterocycles.